The van der Waals surface area contributed by atoms with E-state index in [-0.39, 0.29) is 12.1 Å². The Hall–Kier alpha value is -2.43. The summed E-state index contributed by atoms with van der Waals surface area (Å²) in [6.07, 6.45) is 0.00261. The molecule has 2 rings (SSSR count). The van der Waals surface area contributed by atoms with E-state index in [0.717, 1.165) is 18.2 Å². The van der Waals surface area contributed by atoms with Gasteiger partial charge in [-0.25, -0.2) is 8.78 Å². The lowest BCUT2D eigenvalue weighted by atomic mass is 10.1. The molecule has 1 amide bonds. The lowest BCUT2D eigenvalue weighted by Gasteiger charge is -2.08. The zero-order chi connectivity index (χ0) is 13.8. The zero-order valence-electron chi connectivity index (χ0n) is 9.99. The van der Waals surface area contributed by atoms with Crippen LogP contribution >= 0.6 is 0 Å². The van der Waals surface area contributed by atoms with Crippen molar-refractivity contribution in [1.29, 1.82) is 0 Å². The van der Waals surface area contributed by atoms with E-state index >= 15 is 0 Å². The zero-order valence-corrected chi connectivity index (χ0v) is 9.99. The van der Waals surface area contributed by atoms with Crippen LogP contribution in [-0.4, -0.2) is 5.91 Å². The molecule has 3 N–H and O–H groups in total. The molecule has 0 aromatic heterocycles. The van der Waals surface area contributed by atoms with Crippen molar-refractivity contribution in [3.05, 3.63) is 59.7 Å². The van der Waals surface area contributed by atoms with E-state index < -0.39 is 17.5 Å². The largest absolute Gasteiger partial charge is 0.398 e. The minimum absolute atomic E-state index is 0.00261. The maximum absolute atomic E-state index is 13.3. The van der Waals surface area contributed by atoms with Gasteiger partial charge in [-0.1, -0.05) is 18.2 Å². The highest BCUT2D eigenvalue weighted by Crippen LogP contribution is 2.17. The highest BCUT2D eigenvalue weighted by atomic mass is 19.1. The first-order chi connectivity index (χ1) is 9.06. The Morgan fingerprint density at radius 1 is 1.16 bits per heavy atom. The highest BCUT2D eigenvalue weighted by molar-refractivity contribution is 5.93. The van der Waals surface area contributed by atoms with Crippen molar-refractivity contribution in [2.75, 3.05) is 11.1 Å². The second-order valence-electron chi connectivity index (χ2n) is 4.05. The fraction of sp³-hybridized carbons (Fsp3) is 0.0714. The van der Waals surface area contributed by atoms with Crippen LogP contribution in [-0.2, 0) is 11.2 Å². The molecule has 0 radical (unpaired) electrons. The third-order valence-electron chi connectivity index (χ3n) is 2.61. The van der Waals surface area contributed by atoms with Crippen molar-refractivity contribution in [2.24, 2.45) is 0 Å². The average Bonchev–Trinajstić information content (AvgIpc) is 2.37. The minimum Gasteiger partial charge on any atom is -0.398 e. The Bertz CT molecular complexity index is 614. The second kappa shape index (κ2) is 5.48. The van der Waals surface area contributed by atoms with Crippen molar-refractivity contribution in [1.82, 2.24) is 0 Å². The molecule has 0 atom stereocenters. The van der Waals surface area contributed by atoms with Gasteiger partial charge in [0.15, 0.2) is 0 Å². The molecular formula is C14H12F2N2O. The first kappa shape index (κ1) is 13.0. The average molecular weight is 262 g/mol. The fourth-order valence-corrected chi connectivity index (χ4v) is 1.66. The molecule has 0 spiro atoms. The standard InChI is InChI=1S/C14H12F2N2O/c15-10-5-6-11(16)13(8-10)18-14(19)7-9-3-1-2-4-12(9)17/h1-6,8H,7,17H2,(H,18,19). The van der Waals surface area contributed by atoms with E-state index in [1.165, 1.54) is 0 Å². The maximum Gasteiger partial charge on any atom is 0.228 e. The Morgan fingerprint density at radius 2 is 1.89 bits per heavy atom. The summed E-state index contributed by atoms with van der Waals surface area (Å²) in [6, 6.07) is 9.76. The SMILES string of the molecule is Nc1ccccc1CC(=O)Nc1cc(F)ccc1F. The van der Waals surface area contributed by atoms with Crippen molar-refractivity contribution in [3.63, 3.8) is 0 Å². The van der Waals surface area contributed by atoms with E-state index in [0.29, 0.717) is 11.3 Å². The van der Waals surface area contributed by atoms with E-state index in [1.807, 2.05) is 0 Å². The molecule has 2 aromatic rings. The van der Waals surface area contributed by atoms with Gasteiger partial charge in [0.05, 0.1) is 12.1 Å². The number of benzene rings is 2. The van der Waals surface area contributed by atoms with E-state index in [4.69, 9.17) is 5.73 Å². The molecule has 0 bridgehead atoms. The molecule has 0 aliphatic heterocycles. The van der Waals surface area contributed by atoms with Crippen molar-refractivity contribution in [3.8, 4) is 0 Å². The number of nitrogen functional groups attached to an aromatic ring is 1. The summed E-state index contributed by atoms with van der Waals surface area (Å²) < 4.78 is 26.3. The molecule has 19 heavy (non-hydrogen) atoms. The van der Waals surface area contributed by atoms with Crippen LogP contribution in [0.1, 0.15) is 5.56 Å². The van der Waals surface area contributed by atoms with Gasteiger partial charge in [-0.15, -0.1) is 0 Å². The molecule has 0 aliphatic carbocycles. The number of hydrogen-bond donors (Lipinski definition) is 2. The third-order valence-corrected chi connectivity index (χ3v) is 2.61. The third kappa shape index (κ3) is 3.28. The van der Waals surface area contributed by atoms with Gasteiger partial charge in [-0.3, -0.25) is 4.79 Å². The van der Waals surface area contributed by atoms with Crippen LogP contribution in [0.2, 0.25) is 0 Å². The second-order valence-corrected chi connectivity index (χ2v) is 4.05. The maximum atomic E-state index is 13.3. The number of rotatable bonds is 3. The van der Waals surface area contributed by atoms with Gasteiger partial charge < -0.3 is 11.1 Å². The number of anilines is 2. The van der Waals surface area contributed by atoms with Gasteiger partial charge in [0.1, 0.15) is 11.6 Å². The van der Waals surface area contributed by atoms with Gasteiger partial charge in [0.2, 0.25) is 5.91 Å². The number of hydrogen-bond acceptors (Lipinski definition) is 2. The lowest BCUT2D eigenvalue weighted by Crippen LogP contribution is -2.16. The van der Waals surface area contributed by atoms with Crippen molar-refractivity contribution < 1.29 is 13.6 Å². The number of para-hydroxylation sites is 1. The molecule has 0 saturated carbocycles. The Labute approximate surface area is 109 Å². The molecular weight excluding hydrogens is 250 g/mol. The number of nitrogens with two attached hydrogens (primary N) is 1. The molecule has 0 fully saturated rings. The molecule has 0 aliphatic rings. The summed E-state index contributed by atoms with van der Waals surface area (Å²) in [4.78, 5) is 11.7. The van der Waals surface area contributed by atoms with Gasteiger partial charge in [0.25, 0.3) is 0 Å². The summed E-state index contributed by atoms with van der Waals surface area (Å²) in [5, 5.41) is 2.32. The summed E-state index contributed by atoms with van der Waals surface area (Å²) >= 11 is 0. The molecule has 98 valence electrons. The topological polar surface area (TPSA) is 55.1 Å². The molecule has 5 heteroatoms. The normalized spacial score (nSPS) is 10.2. The van der Waals surface area contributed by atoms with Crippen LogP contribution in [0.15, 0.2) is 42.5 Å². The summed E-state index contributed by atoms with van der Waals surface area (Å²) in [6.45, 7) is 0. The summed E-state index contributed by atoms with van der Waals surface area (Å²) in [5.41, 5.74) is 6.64. The molecule has 0 saturated heterocycles. The predicted octanol–water partition coefficient (Wildman–Crippen LogP) is 2.73. The molecule has 2 aromatic carbocycles. The highest BCUT2D eigenvalue weighted by Gasteiger charge is 2.10. The molecule has 0 unspecified atom stereocenters. The van der Waals surface area contributed by atoms with Crippen molar-refractivity contribution >= 4 is 17.3 Å². The Balaban J connectivity index is 2.10. The van der Waals surface area contributed by atoms with Gasteiger partial charge >= 0.3 is 0 Å². The molecule has 3 nitrogen and oxygen atoms in total. The number of nitrogens with one attached hydrogen (secondary N) is 1. The number of carbonyl (C=O) groups excluding carboxylic acids is 1. The van der Waals surface area contributed by atoms with Crippen LogP contribution in [0.5, 0.6) is 0 Å². The summed E-state index contributed by atoms with van der Waals surface area (Å²) in [7, 11) is 0. The molecule has 0 heterocycles. The lowest BCUT2D eigenvalue weighted by molar-refractivity contribution is -0.115. The Morgan fingerprint density at radius 3 is 2.63 bits per heavy atom. The van der Waals surface area contributed by atoms with E-state index in [2.05, 4.69) is 5.32 Å². The van der Waals surface area contributed by atoms with Crippen LogP contribution in [0.25, 0.3) is 0 Å². The quantitative estimate of drug-likeness (QED) is 0.836. The van der Waals surface area contributed by atoms with Gasteiger partial charge in [-0.05, 0) is 23.8 Å². The van der Waals surface area contributed by atoms with Gasteiger partial charge in [0, 0.05) is 11.8 Å². The number of halogens is 2. The van der Waals surface area contributed by atoms with Crippen LogP contribution in [0.3, 0.4) is 0 Å². The smallest absolute Gasteiger partial charge is 0.228 e. The minimum atomic E-state index is -0.684. The van der Waals surface area contributed by atoms with E-state index in [1.54, 1.807) is 24.3 Å². The van der Waals surface area contributed by atoms with Crippen LogP contribution in [0.4, 0.5) is 20.2 Å². The summed E-state index contributed by atoms with van der Waals surface area (Å²) in [5.74, 6) is -1.76. The van der Waals surface area contributed by atoms with E-state index in [9.17, 15) is 13.6 Å². The van der Waals surface area contributed by atoms with Gasteiger partial charge in [-0.2, -0.15) is 0 Å². The monoisotopic (exact) mass is 262 g/mol. The fourth-order valence-electron chi connectivity index (χ4n) is 1.66. The van der Waals surface area contributed by atoms with Crippen molar-refractivity contribution in [2.45, 2.75) is 6.42 Å². The first-order valence-corrected chi connectivity index (χ1v) is 5.64. The number of amides is 1. The van der Waals surface area contributed by atoms with Crippen LogP contribution < -0.4 is 11.1 Å². The first-order valence-electron chi connectivity index (χ1n) is 5.64. The number of carbonyl (C=O) groups is 1. The Kier molecular flexibility index (Phi) is 3.75. The van der Waals surface area contributed by atoms with Crippen LogP contribution in [0, 0.1) is 11.6 Å². The predicted molar refractivity (Wildman–Crippen MR) is 69.5 cm³/mol.